The second kappa shape index (κ2) is 5.00. The Hall–Kier alpha value is -0.900. The molecule has 3 nitrogen and oxygen atoms in total. The Kier molecular flexibility index (Phi) is 3.37. The second-order valence-corrected chi connectivity index (χ2v) is 5.66. The molecule has 0 saturated carbocycles. The molecule has 0 aromatic heterocycles. The standard InChI is InChI=1S/C15H22N2O/c1-17-8-11(7-16)6-15(17)14-5-3-2-4-13(14)12-9-18-10-12/h2-5,11-12,15H,6-10,16H2,1H3. The minimum Gasteiger partial charge on any atom is -0.380 e. The van der Waals surface area contributed by atoms with Gasteiger partial charge in [-0.15, -0.1) is 0 Å². The summed E-state index contributed by atoms with van der Waals surface area (Å²) < 4.78 is 5.34. The van der Waals surface area contributed by atoms with Crippen molar-refractivity contribution in [3.05, 3.63) is 35.4 Å². The maximum absolute atomic E-state index is 5.82. The van der Waals surface area contributed by atoms with E-state index in [1.807, 2.05) is 0 Å². The number of nitrogens with zero attached hydrogens (tertiary/aromatic N) is 1. The largest absolute Gasteiger partial charge is 0.380 e. The Bertz CT molecular complexity index is 417. The van der Waals surface area contributed by atoms with Crippen molar-refractivity contribution < 1.29 is 4.74 Å². The fraction of sp³-hybridized carbons (Fsp3) is 0.600. The molecule has 2 saturated heterocycles. The summed E-state index contributed by atoms with van der Waals surface area (Å²) in [4.78, 5) is 2.45. The lowest BCUT2D eigenvalue weighted by atomic mass is 9.88. The molecular formula is C15H22N2O. The van der Waals surface area contributed by atoms with Crippen molar-refractivity contribution in [2.75, 3.05) is 33.4 Å². The molecule has 0 radical (unpaired) electrons. The zero-order valence-electron chi connectivity index (χ0n) is 11.0. The van der Waals surface area contributed by atoms with Gasteiger partial charge in [-0.2, -0.15) is 0 Å². The Balaban J connectivity index is 1.87. The third-order valence-corrected chi connectivity index (χ3v) is 4.40. The van der Waals surface area contributed by atoms with Crippen LogP contribution in [0.2, 0.25) is 0 Å². The molecule has 0 amide bonds. The van der Waals surface area contributed by atoms with Crippen LogP contribution in [0.15, 0.2) is 24.3 Å². The number of hydrogen-bond donors (Lipinski definition) is 1. The summed E-state index contributed by atoms with van der Waals surface area (Å²) in [6, 6.07) is 9.39. The molecule has 3 heteroatoms. The van der Waals surface area contributed by atoms with Gasteiger partial charge in [-0.05, 0) is 37.1 Å². The predicted octanol–water partition coefficient (Wildman–Crippen LogP) is 1.75. The molecule has 2 unspecified atom stereocenters. The molecule has 2 fully saturated rings. The zero-order chi connectivity index (χ0) is 12.5. The Morgan fingerprint density at radius 1 is 1.28 bits per heavy atom. The van der Waals surface area contributed by atoms with Crippen molar-refractivity contribution in [1.82, 2.24) is 4.90 Å². The molecule has 18 heavy (non-hydrogen) atoms. The van der Waals surface area contributed by atoms with Gasteiger partial charge < -0.3 is 10.5 Å². The first-order valence-corrected chi connectivity index (χ1v) is 6.86. The van der Waals surface area contributed by atoms with E-state index in [-0.39, 0.29) is 0 Å². The molecule has 2 heterocycles. The number of benzene rings is 1. The lowest BCUT2D eigenvalue weighted by Crippen LogP contribution is -2.28. The number of ether oxygens (including phenoxy) is 1. The van der Waals surface area contributed by atoms with Crippen molar-refractivity contribution in [3.8, 4) is 0 Å². The van der Waals surface area contributed by atoms with Gasteiger partial charge in [0, 0.05) is 18.5 Å². The van der Waals surface area contributed by atoms with E-state index in [0.717, 1.165) is 26.3 Å². The number of nitrogens with two attached hydrogens (primary N) is 1. The summed E-state index contributed by atoms with van der Waals surface area (Å²) in [5, 5.41) is 0. The maximum Gasteiger partial charge on any atom is 0.0557 e. The molecule has 3 rings (SSSR count). The molecule has 98 valence electrons. The molecule has 0 bridgehead atoms. The zero-order valence-corrected chi connectivity index (χ0v) is 11.0. The van der Waals surface area contributed by atoms with Crippen LogP contribution >= 0.6 is 0 Å². The van der Waals surface area contributed by atoms with E-state index in [1.165, 1.54) is 17.5 Å². The smallest absolute Gasteiger partial charge is 0.0557 e. The molecule has 1 aromatic rings. The highest BCUT2D eigenvalue weighted by molar-refractivity contribution is 5.35. The Morgan fingerprint density at radius 2 is 2.00 bits per heavy atom. The summed E-state index contributed by atoms with van der Waals surface area (Å²) in [6.45, 7) is 3.69. The van der Waals surface area contributed by atoms with Crippen LogP contribution in [0.4, 0.5) is 0 Å². The van der Waals surface area contributed by atoms with Crippen LogP contribution in [0, 0.1) is 5.92 Å². The molecule has 2 N–H and O–H groups in total. The fourth-order valence-electron chi connectivity index (χ4n) is 3.24. The first kappa shape index (κ1) is 12.2. The average molecular weight is 246 g/mol. The molecule has 2 atom stereocenters. The number of hydrogen-bond acceptors (Lipinski definition) is 3. The quantitative estimate of drug-likeness (QED) is 0.883. The SMILES string of the molecule is CN1CC(CN)CC1c1ccccc1C1COC1. The van der Waals surface area contributed by atoms with E-state index in [1.54, 1.807) is 0 Å². The summed E-state index contributed by atoms with van der Waals surface area (Å²) in [5.74, 6) is 1.25. The molecule has 2 aliphatic rings. The Labute approximate surface area is 109 Å². The summed E-state index contributed by atoms with van der Waals surface area (Å²) in [7, 11) is 2.22. The van der Waals surface area contributed by atoms with Gasteiger partial charge in [0.05, 0.1) is 13.2 Å². The summed E-state index contributed by atoms with van der Waals surface area (Å²) in [5.41, 5.74) is 8.80. The van der Waals surface area contributed by atoms with Crippen LogP contribution in [0.5, 0.6) is 0 Å². The third-order valence-electron chi connectivity index (χ3n) is 4.40. The van der Waals surface area contributed by atoms with Crippen molar-refractivity contribution in [2.24, 2.45) is 11.7 Å². The first-order chi connectivity index (χ1) is 8.79. The van der Waals surface area contributed by atoms with E-state index < -0.39 is 0 Å². The van der Waals surface area contributed by atoms with Crippen molar-refractivity contribution in [3.63, 3.8) is 0 Å². The minimum atomic E-state index is 0.537. The van der Waals surface area contributed by atoms with Crippen molar-refractivity contribution in [2.45, 2.75) is 18.4 Å². The molecule has 2 aliphatic heterocycles. The normalized spacial score (nSPS) is 29.4. The molecule has 1 aromatic carbocycles. The van der Waals surface area contributed by atoms with E-state index >= 15 is 0 Å². The van der Waals surface area contributed by atoms with Crippen molar-refractivity contribution in [1.29, 1.82) is 0 Å². The lowest BCUT2D eigenvalue weighted by molar-refractivity contribution is 0.00769. The molecule has 0 spiro atoms. The minimum absolute atomic E-state index is 0.537. The summed E-state index contributed by atoms with van der Waals surface area (Å²) >= 11 is 0. The monoisotopic (exact) mass is 246 g/mol. The van der Waals surface area contributed by atoms with Crippen LogP contribution < -0.4 is 5.73 Å². The van der Waals surface area contributed by atoms with E-state index in [0.29, 0.717) is 17.9 Å². The highest BCUT2D eigenvalue weighted by Gasteiger charge is 2.33. The summed E-state index contributed by atoms with van der Waals surface area (Å²) in [6.07, 6.45) is 1.19. The average Bonchev–Trinajstić information content (AvgIpc) is 2.69. The molecule has 0 aliphatic carbocycles. The van der Waals surface area contributed by atoms with Gasteiger partial charge >= 0.3 is 0 Å². The Morgan fingerprint density at radius 3 is 2.56 bits per heavy atom. The van der Waals surface area contributed by atoms with E-state index in [2.05, 4.69) is 36.2 Å². The van der Waals surface area contributed by atoms with Gasteiger partial charge in [-0.3, -0.25) is 4.90 Å². The lowest BCUT2D eigenvalue weighted by Gasteiger charge is -2.31. The first-order valence-electron chi connectivity index (χ1n) is 6.86. The number of rotatable bonds is 3. The van der Waals surface area contributed by atoms with Crippen LogP contribution in [0.3, 0.4) is 0 Å². The van der Waals surface area contributed by atoms with Crippen LogP contribution in [-0.4, -0.2) is 38.3 Å². The van der Waals surface area contributed by atoms with Gasteiger partial charge in [0.2, 0.25) is 0 Å². The third kappa shape index (κ3) is 2.07. The molecular weight excluding hydrogens is 224 g/mol. The topological polar surface area (TPSA) is 38.5 Å². The van der Waals surface area contributed by atoms with Gasteiger partial charge in [0.15, 0.2) is 0 Å². The highest BCUT2D eigenvalue weighted by Crippen LogP contribution is 2.38. The second-order valence-electron chi connectivity index (χ2n) is 5.66. The van der Waals surface area contributed by atoms with Crippen molar-refractivity contribution >= 4 is 0 Å². The van der Waals surface area contributed by atoms with Gasteiger partial charge in [0.25, 0.3) is 0 Å². The van der Waals surface area contributed by atoms with E-state index in [4.69, 9.17) is 10.5 Å². The van der Waals surface area contributed by atoms with Gasteiger partial charge in [0.1, 0.15) is 0 Å². The van der Waals surface area contributed by atoms with Crippen LogP contribution in [0.1, 0.15) is 29.5 Å². The predicted molar refractivity (Wildman–Crippen MR) is 72.5 cm³/mol. The maximum atomic E-state index is 5.82. The fourth-order valence-corrected chi connectivity index (χ4v) is 3.24. The van der Waals surface area contributed by atoms with Gasteiger partial charge in [-0.25, -0.2) is 0 Å². The number of likely N-dealkylation sites (tertiary alicyclic amines) is 1. The van der Waals surface area contributed by atoms with Gasteiger partial charge in [-0.1, -0.05) is 24.3 Å². The van der Waals surface area contributed by atoms with Crippen LogP contribution in [0.25, 0.3) is 0 Å². The van der Waals surface area contributed by atoms with E-state index in [9.17, 15) is 0 Å². The highest BCUT2D eigenvalue weighted by atomic mass is 16.5. The van der Waals surface area contributed by atoms with Crippen LogP contribution in [-0.2, 0) is 4.74 Å².